The molecule has 5 nitrogen and oxygen atoms in total. The molecule has 0 aliphatic carbocycles. The van der Waals surface area contributed by atoms with Gasteiger partial charge in [0.2, 0.25) is 0 Å². The van der Waals surface area contributed by atoms with Crippen LogP contribution in [-0.2, 0) is 0 Å². The van der Waals surface area contributed by atoms with Crippen LogP contribution in [0.15, 0.2) is 47.4 Å². The predicted molar refractivity (Wildman–Crippen MR) is 77.4 cm³/mol. The highest BCUT2D eigenvalue weighted by Gasteiger charge is 2.15. The van der Waals surface area contributed by atoms with Crippen molar-refractivity contribution in [1.29, 1.82) is 0 Å². The van der Waals surface area contributed by atoms with Crippen LogP contribution in [0.25, 0.3) is 11.0 Å². The van der Waals surface area contributed by atoms with Crippen LogP contribution < -0.4 is 11.2 Å². The van der Waals surface area contributed by atoms with Crippen LogP contribution in [0.2, 0.25) is 0 Å². The van der Waals surface area contributed by atoms with Gasteiger partial charge >= 0.3 is 5.91 Å². The summed E-state index contributed by atoms with van der Waals surface area (Å²) in [5.41, 5.74) is 8.70. The first-order valence-electron chi connectivity index (χ1n) is 5.59. The zero-order valence-electron chi connectivity index (χ0n) is 10.1. The fourth-order valence-corrected chi connectivity index (χ4v) is 1.71. The Bertz CT molecular complexity index is 603. The highest BCUT2D eigenvalue weighted by atomic mass is 32.1. The van der Waals surface area contributed by atoms with Crippen LogP contribution in [0.1, 0.15) is 10.6 Å². The molecule has 2 aromatic rings. The van der Waals surface area contributed by atoms with Gasteiger partial charge in [0.1, 0.15) is 5.58 Å². The van der Waals surface area contributed by atoms with Gasteiger partial charge in [0.05, 0.1) is 6.54 Å². The molecule has 0 atom stereocenters. The molecule has 98 valence electrons. The monoisotopic (exact) mass is 275 g/mol. The van der Waals surface area contributed by atoms with Crippen molar-refractivity contribution in [3.05, 3.63) is 48.7 Å². The van der Waals surface area contributed by atoms with E-state index in [9.17, 15) is 4.79 Å². The zero-order chi connectivity index (χ0) is 13.8. The molecule has 1 heterocycles. The van der Waals surface area contributed by atoms with Crippen molar-refractivity contribution in [3.8, 4) is 0 Å². The van der Waals surface area contributed by atoms with Crippen molar-refractivity contribution in [2.24, 2.45) is 5.73 Å². The van der Waals surface area contributed by atoms with Gasteiger partial charge in [0, 0.05) is 5.39 Å². The lowest BCUT2D eigenvalue weighted by Crippen LogP contribution is -2.48. The summed E-state index contributed by atoms with van der Waals surface area (Å²) in [4.78, 5) is 12.0. The van der Waals surface area contributed by atoms with Crippen LogP contribution in [-0.4, -0.2) is 22.6 Å². The van der Waals surface area contributed by atoms with Crippen LogP contribution in [0, 0.1) is 0 Å². The number of hydrazine groups is 1. The molecular formula is C13H13N3O2S. The second kappa shape index (κ2) is 5.53. The van der Waals surface area contributed by atoms with Gasteiger partial charge in [0.25, 0.3) is 0 Å². The van der Waals surface area contributed by atoms with E-state index in [4.69, 9.17) is 22.4 Å². The molecule has 3 N–H and O–H groups in total. The Hall–Kier alpha value is -2.34. The van der Waals surface area contributed by atoms with Gasteiger partial charge in [-0.25, -0.2) is 0 Å². The van der Waals surface area contributed by atoms with Crippen LogP contribution in [0.3, 0.4) is 0 Å². The third-order valence-corrected chi connectivity index (χ3v) is 2.68. The number of rotatable bonds is 3. The number of benzene rings is 1. The second-order valence-electron chi connectivity index (χ2n) is 3.83. The summed E-state index contributed by atoms with van der Waals surface area (Å²) in [7, 11) is 0. The molecule has 0 spiro atoms. The third-order valence-electron chi connectivity index (χ3n) is 2.46. The summed E-state index contributed by atoms with van der Waals surface area (Å²) in [6, 6.07) is 9.04. The van der Waals surface area contributed by atoms with E-state index in [0.29, 0.717) is 12.1 Å². The second-order valence-corrected chi connectivity index (χ2v) is 4.25. The number of carbonyl (C=O) groups excluding carboxylic acids is 1. The van der Waals surface area contributed by atoms with Crippen molar-refractivity contribution >= 4 is 34.2 Å². The standard InChI is InChI=1S/C13H13N3O2S/c1-2-7-16(13(14)19)15-12(17)11-8-9-5-3-4-6-10(9)18-11/h2-6,8H,1,7H2,(H2,14,19)(H,15,17). The maximum atomic E-state index is 12.0. The Morgan fingerprint density at radius 3 is 2.89 bits per heavy atom. The lowest BCUT2D eigenvalue weighted by molar-refractivity contribution is 0.0852. The SMILES string of the molecule is C=CCN(NC(=O)c1cc2ccccc2o1)C(N)=S. The van der Waals surface area contributed by atoms with Gasteiger partial charge in [-0.1, -0.05) is 24.3 Å². The minimum atomic E-state index is -0.411. The molecular weight excluding hydrogens is 262 g/mol. The molecule has 0 unspecified atom stereocenters. The molecule has 1 aromatic heterocycles. The number of furan rings is 1. The van der Waals surface area contributed by atoms with Crippen LogP contribution in [0.5, 0.6) is 0 Å². The lowest BCUT2D eigenvalue weighted by Gasteiger charge is -2.20. The predicted octanol–water partition coefficient (Wildman–Crippen LogP) is 1.81. The third kappa shape index (κ3) is 2.92. The fraction of sp³-hybridized carbons (Fsp3) is 0.0769. The van der Waals surface area contributed by atoms with Crippen molar-refractivity contribution < 1.29 is 9.21 Å². The highest BCUT2D eigenvalue weighted by molar-refractivity contribution is 7.80. The van der Waals surface area contributed by atoms with Gasteiger partial charge in [-0.3, -0.25) is 15.2 Å². The van der Waals surface area contributed by atoms with E-state index in [1.807, 2.05) is 18.2 Å². The van der Waals surface area contributed by atoms with E-state index in [-0.39, 0.29) is 10.9 Å². The summed E-state index contributed by atoms with van der Waals surface area (Å²) < 4.78 is 5.44. The summed E-state index contributed by atoms with van der Waals surface area (Å²) in [5, 5.41) is 2.24. The number of nitrogens with zero attached hydrogens (tertiary/aromatic N) is 1. The Morgan fingerprint density at radius 1 is 1.53 bits per heavy atom. The Balaban J connectivity index is 2.18. The molecule has 6 heteroatoms. The topological polar surface area (TPSA) is 71.5 Å². The molecule has 19 heavy (non-hydrogen) atoms. The Morgan fingerprint density at radius 2 is 2.26 bits per heavy atom. The average Bonchev–Trinajstić information content (AvgIpc) is 2.81. The molecule has 0 bridgehead atoms. The quantitative estimate of drug-likeness (QED) is 0.508. The summed E-state index contributed by atoms with van der Waals surface area (Å²) in [6.45, 7) is 3.89. The first-order chi connectivity index (χ1) is 9.11. The number of para-hydroxylation sites is 1. The van der Waals surface area contributed by atoms with Crippen molar-refractivity contribution in [2.75, 3.05) is 6.54 Å². The number of fused-ring (bicyclic) bond motifs is 1. The fourth-order valence-electron chi connectivity index (χ4n) is 1.59. The number of thiocarbonyl (C=S) groups is 1. The van der Waals surface area contributed by atoms with Gasteiger partial charge < -0.3 is 10.2 Å². The van der Waals surface area contributed by atoms with Crippen LogP contribution in [0.4, 0.5) is 0 Å². The zero-order valence-corrected chi connectivity index (χ0v) is 10.9. The molecule has 0 saturated carbocycles. The van der Waals surface area contributed by atoms with Gasteiger partial charge in [-0.15, -0.1) is 6.58 Å². The van der Waals surface area contributed by atoms with Crippen molar-refractivity contribution in [3.63, 3.8) is 0 Å². The molecule has 1 aromatic carbocycles. The average molecular weight is 275 g/mol. The van der Waals surface area contributed by atoms with Crippen molar-refractivity contribution in [1.82, 2.24) is 10.4 Å². The highest BCUT2D eigenvalue weighted by Crippen LogP contribution is 2.18. The molecule has 0 saturated heterocycles. The molecule has 0 aliphatic rings. The maximum Gasteiger partial charge on any atom is 0.305 e. The van der Waals surface area contributed by atoms with E-state index in [1.54, 1.807) is 18.2 Å². The van der Waals surface area contributed by atoms with Crippen molar-refractivity contribution in [2.45, 2.75) is 0 Å². The number of amides is 1. The van der Waals surface area contributed by atoms with Gasteiger partial charge in [0.15, 0.2) is 10.9 Å². The Kier molecular flexibility index (Phi) is 3.82. The molecule has 0 radical (unpaired) electrons. The minimum Gasteiger partial charge on any atom is -0.451 e. The molecule has 0 fully saturated rings. The van der Waals surface area contributed by atoms with E-state index in [1.165, 1.54) is 5.01 Å². The first kappa shape index (κ1) is 13.1. The van der Waals surface area contributed by atoms with E-state index >= 15 is 0 Å². The minimum absolute atomic E-state index is 0.0596. The lowest BCUT2D eigenvalue weighted by atomic mass is 10.2. The van der Waals surface area contributed by atoms with Crippen LogP contribution >= 0.6 is 12.2 Å². The first-order valence-corrected chi connectivity index (χ1v) is 6.00. The molecule has 1 amide bonds. The number of nitrogens with two attached hydrogens (primary N) is 1. The van der Waals surface area contributed by atoms with E-state index in [0.717, 1.165) is 5.39 Å². The van der Waals surface area contributed by atoms with Gasteiger partial charge in [-0.05, 0) is 24.4 Å². The number of hydrogen-bond donors (Lipinski definition) is 2. The number of hydrogen-bond acceptors (Lipinski definition) is 3. The normalized spacial score (nSPS) is 10.1. The Labute approximate surface area is 115 Å². The number of carbonyl (C=O) groups is 1. The largest absolute Gasteiger partial charge is 0.451 e. The van der Waals surface area contributed by atoms with E-state index < -0.39 is 5.91 Å². The smallest absolute Gasteiger partial charge is 0.305 e. The van der Waals surface area contributed by atoms with E-state index in [2.05, 4.69) is 12.0 Å². The maximum absolute atomic E-state index is 12.0. The number of nitrogens with one attached hydrogen (secondary N) is 1. The molecule has 0 aliphatic heterocycles. The summed E-state index contributed by atoms with van der Waals surface area (Å²) >= 11 is 4.83. The van der Waals surface area contributed by atoms with Gasteiger partial charge in [-0.2, -0.15) is 0 Å². The summed E-state index contributed by atoms with van der Waals surface area (Å²) in [5.74, 6) is -0.211. The molecule has 2 rings (SSSR count). The summed E-state index contributed by atoms with van der Waals surface area (Å²) in [6.07, 6.45) is 1.58.